The molecular weight excluding hydrogens is 314 g/mol. The lowest BCUT2D eigenvalue weighted by atomic mass is 9.92. The van der Waals surface area contributed by atoms with E-state index in [1.54, 1.807) is 0 Å². The Labute approximate surface area is 147 Å². The number of ether oxygens (including phenoxy) is 1. The lowest BCUT2D eigenvalue weighted by Gasteiger charge is -2.29. The van der Waals surface area contributed by atoms with Crippen molar-refractivity contribution in [3.05, 3.63) is 53.6 Å². The van der Waals surface area contributed by atoms with Gasteiger partial charge in [-0.15, -0.1) is 0 Å². The van der Waals surface area contributed by atoms with Crippen molar-refractivity contribution < 1.29 is 9.53 Å². The molecule has 1 aliphatic heterocycles. The lowest BCUT2D eigenvalue weighted by Crippen LogP contribution is -2.36. The van der Waals surface area contributed by atoms with Gasteiger partial charge in [0.1, 0.15) is 0 Å². The third-order valence-electron chi connectivity index (χ3n) is 5.14. The standard InChI is InChI=1S/C20H23N3O2/c21-19-12-18(19)15-4-2-1-3-14(15)17-11-13(5-6-16(17)20(22)24)23-7-9-25-10-8-23/h1-6,11,18-19H,7-10,12,21H2,(H2,22,24). The number of nitrogens with zero attached hydrogens (tertiary/aromatic N) is 1. The smallest absolute Gasteiger partial charge is 0.249 e. The summed E-state index contributed by atoms with van der Waals surface area (Å²) < 4.78 is 5.44. The van der Waals surface area contributed by atoms with Crippen molar-refractivity contribution >= 4 is 11.6 Å². The Morgan fingerprint density at radius 1 is 1.08 bits per heavy atom. The van der Waals surface area contributed by atoms with Gasteiger partial charge in [0.15, 0.2) is 0 Å². The number of nitrogens with two attached hydrogens (primary N) is 2. The summed E-state index contributed by atoms with van der Waals surface area (Å²) in [6, 6.07) is 14.3. The summed E-state index contributed by atoms with van der Waals surface area (Å²) >= 11 is 0. The number of hydrogen-bond acceptors (Lipinski definition) is 4. The number of anilines is 1. The number of carbonyl (C=O) groups excluding carboxylic acids is 1. The van der Waals surface area contributed by atoms with E-state index in [1.165, 1.54) is 5.56 Å². The van der Waals surface area contributed by atoms with Crippen LogP contribution in [0.25, 0.3) is 11.1 Å². The van der Waals surface area contributed by atoms with E-state index in [4.69, 9.17) is 16.2 Å². The molecule has 2 aromatic carbocycles. The predicted octanol–water partition coefficient (Wildman–Crippen LogP) is 2.10. The molecule has 2 fully saturated rings. The summed E-state index contributed by atoms with van der Waals surface area (Å²) in [5.41, 5.74) is 16.5. The van der Waals surface area contributed by atoms with Crippen molar-refractivity contribution in [1.82, 2.24) is 0 Å². The first-order valence-corrected chi connectivity index (χ1v) is 8.76. The molecule has 4 rings (SSSR count). The van der Waals surface area contributed by atoms with Crippen LogP contribution in [-0.4, -0.2) is 38.3 Å². The summed E-state index contributed by atoms with van der Waals surface area (Å²) in [7, 11) is 0. The number of amides is 1. The Morgan fingerprint density at radius 2 is 1.80 bits per heavy atom. The maximum Gasteiger partial charge on any atom is 0.249 e. The summed E-state index contributed by atoms with van der Waals surface area (Å²) in [6.07, 6.45) is 0.992. The van der Waals surface area contributed by atoms with Gasteiger partial charge in [0.25, 0.3) is 0 Å². The van der Waals surface area contributed by atoms with Crippen LogP contribution in [0.4, 0.5) is 5.69 Å². The Hall–Kier alpha value is -2.37. The van der Waals surface area contributed by atoms with E-state index in [2.05, 4.69) is 23.1 Å². The van der Waals surface area contributed by atoms with Gasteiger partial charge in [-0.25, -0.2) is 0 Å². The first-order chi connectivity index (χ1) is 12.1. The summed E-state index contributed by atoms with van der Waals surface area (Å²) in [6.45, 7) is 3.15. The molecule has 0 spiro atoms. The number of carbonyl (C=O) groups is 1. The highest BCUT2D eigenvalue weighted by Gasteiger charge is 2.36. The molecule has 0 bridgehead atoms. The van der Waals surface area contributed by atoms with Gasteiger partial charge in [0.2, 0.25) is 5.91 Å². The second kappa shape index (κ2) is 6.50. The second-order valence-electron chi connectivity index (χ2n) is 6.79. The van der Waals surface area contributed by atoms with Gasteiger partial charge in [0, 0.05) is 36.3 Å². The van der Waals surface area contributed by atoms with E-state index in [9.17, 15) is 4.79 Å². The van der Waals surface area contributed by atoms with Gasteiger partial charge < -0.3 is 21.1 Å². The molecule has 1 heterocycles. The second-order valence-corrected chi connectivity index (χ2v) is 6.79. The maximum atomic E-state index is 12.0. The van der Waals surface area contributed by atoms with E-state index in [-0.39, 0.29) is 6.04 Å². The van der Waals surface area contributed by atoms with Crippen LogP contribution >= 0.6 is 0 Å². The Morgan fingerprint density at radius 3 is 2.48 bits per heavy atom. The van der Waals surface area contributed by atoms with Crippen LogP contribution in [0.15, 0.2) is 42.5 Å². The summed E-state index contributed by atoms with van der Waals surface area (Å²) in [5, 5.41) is 0. The van der Waals surface area contributed by atoms with Crippen LogP contribution < -0.4 is 16.4 Å². The molecule has 0 radical (unpaired) electrons. The summed E-state index contributed by atoms with van der Waals surface area (Å²) in [4.78, 5) is 14.3. The van der Waals surface area contributed by atoms with Crippen LogP contribution in [0, 0.1) is 0 Å². The average Bonchev–Trinajstić information content (AvgIpc) is 3.38. The van der Waals surface area contributed by atoms with Crippen molar-refractivity contribution in [1.29, 1.82) is 0 Å². The number of hydrogen-bond donors (Lipinski definition) is 2. The van der Waals surface area contributed by atoms with E-state index >= 15 is 0 Å². The number of primary amides is 1. The number of morpholine rings is 1. The van der Waals surface area contributed by atoms with Crippen LogP contribution in [0.2, 0.25) is 0 Å². The average molecular weight is 337 g/mol. The highest BCUT2D eigenvalue weighted by molar-refractivity contribution is 6.01. The maximum absolute atomic E-state index is 12.0. The fourth-order valence-corrected chi connectivity index (χ4v) is 3.63. The first-order valence-electron chi connectivity index (χ1n) is 8.76. The Kier molecular flexibility index (Phi) is 4.19. The molecule has 1 aliphatic carbocycles. The van der Waals surface area contributed by atoms with Crippen molar-refractivity contribution in [3.63, 3.8) is 0 Å². The minimum absolute atomic E-state index is 0.209. The fraction of sp³-hybridized carbons (Fsp3) is 0.350. The molecule has 4 N–H and O–H groups in total. The van der Waals surface area contributed by atoms with Crippen LogP contribution in [0.1, 0.15) is 28.3 Å². The molecule has 25 heavy (non-hydrogen) atoms. The van der Waals surface area contributed by atoms with Crippen LogP contribution in [0.5, 0.6) is 0 Å². The molecular formula is C20H23N3O2. The molecule has 1 amide bonds. The summed E-state index contributed by atoms with van der Waals surface area (Å²) in [5.74, 6) is -0.0394. The zero-order chi connectivity index (χ0) is 17.4. The van der Waals surface area contributed by atoms with Crippen LogP contribution in [-0.2, 0) is 4.74 Å². The largest absolute Gasteiger partial charge is 0.378 e. The van der Waals surface area contributed by atoms with Crippen molar-refractivity contribution in [2.24, 2.45) is 11.5 Å². The zero-order valence-corrected chi connectivity index (χ0v) is 14.2. The topological polar surface area (TPSA) is 81.6 Å². The zero-order valence-electron chi connectivity index (χ0n) is 14.2. The minimum Gasteiger partial charge on any atom is -0.378 e. The minimum atomic E-state index is -0.404. The molecule has 1 saturated heterocycles. The number of benzene rings is 2. The third-order valence-corrected chi connectivity index (χ3v) is 5.14. The molecule has 1 saturated carbocycles. The van der Waals surface area contributed by atoms with Gasteiger partial charge in [-0.3, -0.25) is 4.79 Å². The van der Waals surface area contributed by atoms with Gasteiger partial charge in [-0.1, -0.05) is 24.3 Å². The molecule has 2 aromatic rings. The predicted molar refractivity (Wildman–Crippen MR) is 98.8 cm³/mol. The molecule has 2 unspecified atom stereocenters. The van der Waals surface area contributed by atoms with E-state index < -0.39 is 5.91 Å². The highest BCUT2D eigenvalue weighted by Crippen LogP contribution is 2.44. The molecule has 5 nitrogen and oxygen atoms in total. The van der Waals surface area contributed by atoms with Gasteiger partial charge >= 0.3 is 0 Å². The van der Waals surface area contributed by atoms with E-state index in [0.717, 1.165) is 49.5 Å². The van der Waals surface area contributed by atoms with Gasteiger partial charge in [0.05, 0.1) is 13.2 Å². The van der Waals surface area contributed by atoms with E-state index in [0.29, 0.717) is 11.5 Å². The normalized spacial score (nSPS) is 22.7. The monoisotopic (exact) mass is 337 g/mol. The first kappa shape index (κ1) is 16.1. The van der Waals surface area contributed by atoms with Gasteiger partial charge in [-0.2, -0.15) is 0 Å². The van der Waals surface area contributed by atoms with Gasteiger partial charge in [-0.05, 0) is 41.3 Å². The van der Waals surface area contributed by atoms with Crippen LogP contribution in [0.3, 0.4) is 0 Å². The Balaban J connectivity index is 1.81. The molecule has 2 aliphatic rings. The fourth-order valence-electron chi connectivity index (χ4n) is 3.63. The lowest BCUT2D eigenvalue weighted by molar-refractivity contribution is 0.100. The Bertz CT molecular complexity index is 799. The highest BCUT2D eigenvalue weighted by atomic mass is 16.5. The van der Waals surface area contributed by atoms with Crippen molar-refractivity contribution in [2.45, 2.75) is 18.4 Å². The SMILES string of the molecule is NC(=O)c1ccc(N2CCOCC2)cc1-c1ccccc1C1CC1N. The number of rotatable bonds is 4. The molecule has 2 atom stereocenters. The molecule has 0 aromatic heterocycles. The quantitative estimate of drug-likeness (QED) is 0.895. The van der Waals surface area contributed by atoms with Crippen molar-refractivity contribution in [3.8, 4) is 11.1 Å². The van der Waals surface area contributed by atoms with Crippen molar-refractivity contribution in [2.75, 3.05) is 31.2 Å². The molecule has 5 heteroatoms. The third kappa shape index (κ3) is 3.13. The molecule has 130 valence electrons. The van der Waals surface area contributed by atoms with E-state index in [1.807, 2.05) is 24.3 Å².